The molecule has 0 saturated carbocycles. The van der Waals surface area contributed by atoms with Gasteiger partial charge in [0.25, 0.3) is 5.91 Å². The van der Waals surface area contributed by atoms with Crippen LogP contribution in [0.1, 0.15) is 23.6 Å². The summed E-state index contributed by atoms with van der Waals surface area (Å²) in [7, 11) is 0. The summed E-state index contributed by atoms with van der Waals surface area (Å²) in [6, 6.07) is 27.1. The number of fused-ring (bicyclic) bond motifs is 1. The van der Waals surface area contributed by atoms with Gasteiger partial charge >= 0.3 is 0 Å². The van der Waals surface area contributed by atoms with Crippen molar-refractivity contribution in [1.82, 2.24) is 5.32 Å². The lowest BCUT2D eigenvalue weighted by Gasteiger charge is -2.13. The van der Waals surface area contributed by atoms with E-state index in [2.05, 4.69) is 142 Å². The van der Waals surface area contributed by atoms with Crippen molar-refractivity contribution < 1.29 is 9.53 Å². The zero-order valence-electron chi connectivity index (χ0n) is 19.6. The summed E-state index contributed by atoms with van der Waals surface area (Å²) in [4.78, 5) is 13.3. The van der Waals surface area contributed by atoms with Crippen LogP contribution in [0.2, 0.25) is 0 Å². The van der Waals surface area contributed by atoms with Crippen molar-refractivity contribution in [2.75, 3.05) is 5.32 Å². The van der Waals surface area contributed by atoms with E-state index < -0.39 is 0 Å². The highest BCUT2D eigenvalue weighted by Gasteiger charge is 2.27. The van der Waals surface area contributed by atoms with Gasteiger partial charge in [-0.3, -0.25) is 4.79 Å². The van der Waals surface area contributed by atoms with Gasteiger partial charge in [0.2, 0.25) is 0 Å². The molecule has 1 fully saturated rings. The van der Waals surface area contributed by atoms with Crippen LogP contribution in [0.15, 0.2) is 83.8 Å². The first-order valence-corrected chi connectivity index (χ1v) is 14.7. The molecule has 182 valence electrons. The van der Waals surface area contributed by atoms with Gasteiger partial charge in [-0.25, -0.2) is 0 Å². The van der Waals surface area contributed by atoms with Crippen molar-refractivity contribution in [1.29, 1.82) is 0 Å². The lowest BCUT2D eigenvalue weighted by Crippen LogP contribution is -2.30. The molecule has 1 amide bonds. The number of rotatable bonds is 7. The minimum atomic E-state index is -0.197. The lowest BCUT2D eigenvalue weighted by atomic mass is 10.1. The van der Waals surface area contributed by atoms with Crippen LogP contribution in [0, 0.1) is 7.14 Å². The zero-order valence-corrected chi connectivity index (χ0v) is 24.7. The van der Waals surface area contributed by atoms with Crippen LogP contribution in [-0.4, -0.2) is 11.4 Å². The van der Waals surface area contributed by atoms with Gasteiger partial charge in [0.05, 0.1) is 12.0 Å². The lowest BCUT2D eigenvalue weighted by molar-refractivity contribution is -0.116. The highest BCUT2D eigenvalue weighted by atomic mass is 127. The number of anilines is 1. The van der Waals surface area contributed by atoms with Crippen molar-refractivity contribution in [2.24, 2.45) is 0 Å². The summed E-state index contributed by atoms with van der Waals surface area (Å²) in [6.07, 6.45) is 2.95. The summed E-state index contributed by atoms with van der Waals surface area (Å²) in [6.45, 7) is 2.64. The number of carbonyl (C=O) groups excluding carboxylic acids is 1. The van der Waals surface area contributed by atoms with Crippen LogP contribution < -0.4 is 15.4 Å². The molecule has 1 aliphatic rings. The Morgan fingerprint density at radius 2 is 1.72 bits per heavy atom. The maximum atomic E-state index is 12.6. The first kappa shape index (κ1) is 25.4. The van der Waals surface area contributed by atoms with Gasteiger partial charge < -0.3 is 15.4 Å². The topological polar surface area (TPSA) is 50.4 Å². The summed E-state index contributed by atoms with van der Waals surface area (Å²) in [5, 5.41) is 8.81. The predicted octanol–water partition coefficient (Wildman–Crippen LogP) is 7.79. The number of hydrogen-bond acceptors (Lipinski definition) is 4. The molecule has 4 aromatic rings. The number of thioether (sulfide) groups is 1. The van der Waals surface area contributed by atoms with E-state index in [1.165, 1.54) is 28.1 Å². The molecule has 0 unspecified atom stereocenters. The van der Waals surface area contributed by atoms with Gasteiger partial charge in [-0.15, -0.1) is 0 Å². The quantitative estimate of drug-likeness (QED) is 0.152. The molecule has 7 heteroatoms. The largest absolute Gasteiger partial charge is 0.487 e. The third kappa shape index (κ3) is 5.84. The van der Waals surface area contributed by atoms with Crippen molar-refractivity contribution in [3.63, 3.8) is 0 Å². The van der Waals surface area contributed by atoms with Gasteiger partial charge in [-0.05, 0) is 109 Å². The summed E-state index contributed by atoms with van der Waals surface area (Å²) in [5.41, 5.74) is 4.22. The molecule has 4 nitrogen and oxygen atoms in total. The highest BCUT2D eigenvalue weighted by molar-refractivity contribution is 14.1. The second-order valence-corrected chi connectivity index (χ2v) is 11.9. The Labute approximate surface area is 242 Å². The molecule has 1 atom stereocenters. The molecule has 5 rings (SSSR count). The number of ether oxygens (including phenoxy) is 1. The van der Waals surface area contributed by atoms with Crippen LogP contribution in [0.3, 0.4) is 0 Å². The number of halogens is 2. The average molecular weight is 718 g/mol. The van der Waals surface area contributed by atoms with E-state index in [1.807, 2.05) is 6.08 Å². The molecule has 1 heterocycles. The molecule has 0 spiro atoms. The maximum absolute atomic E-state index is 12.6. The summed E-state index contributed by atoms with van der Waals surface area (Å²) >= 11 is 6.12. The molecule has 4 aromatic carbocycles. The van der Waals surface area contributed by atoms with E-state index >= 15 is 0 Å². The molecule has 1 aliphatic heterocycles. The van der Waals surface area contributed by atoms with Crippen LogP contribution in [0.25, 0.3) is 16.8 Å². The minimum absolute atomic E-state index is 0.0658. The number of aryl methyl sites for hydroxylation is 1. The number of carbonyl (C=O) groups is 1. The molecule has 36 heavy (non-hydrogen) atoms. The van der Waals surface area contributed by atoms with Crippen LogP contribution in [-0.2, 0) is 17.8 Å². The van der Waals surface area contributed by atoms with E-state index in [1.54, 1.807) is 0 Å². The van der Waals surface area contributed by atoms with E-state index in [-0.39, 0.29) is 11.4 Å². The van der Waals surface area contributed by atoms with Crippen molar-refractivity contribution >= 4 is 85.4 Å². The van der Waals surface area contributed by atoms with Crippen molar-refractivity contribution in [3.8, 4) is 5.75 Å². The standard InChI is InChI=1S/C29H24I2N2O2S/c1-2-18-10-12-22(13-11-18)32-29-33-28(34)26(36-29)16-19-14-24(30)27(25(31)15-19)35-17-21-8-5-7-20-6-3-4-9-23(20)21/h3-16,29,32H,2,17H2,1H3,(H,33,34)/b26-16-/t29-/m0/s1. The Kier molecular flexibility index (Phi) is 8.07. The summed E-state index contributed by atoms with van der Waals surface area (Å²) in [5.74, 6) is 0.800. The van der Waals surface area contributed by atoms with E-state index in [0.29, 0.717) is 11.5 Å². The number of nitrogens with one attached hydrogen (secondary N) is 2. The second kappa shape index (κ2) is 11.4. The first-order valence-electron chi connectivity index (χ1n) is 11.6. The fraction of sp³-hybridized carbons (Fsp3) is 0.138. The SMILES string of the molecule is CCc1ccc(N[C@H]2NC(=O)/C(=C/c3cc(I)c(OCc4cccc5ccccc45)c(I)c3)S2)cc1. The number of amides is 1. The van der Waals surface area contributed by atoms with E-state index in [4.69, 9.17) is 4.74 Å². The predicted molar refractivity (Wildman–Crippen MR) is 167 cm³/mol. The van der Waals surface area contributed by atoms with Gasteiger partial charge in [-0.1, -0.05) is 73.3 Å². The molecule has 1 saturated heterocycles. The Balaban J connectivity index is 1.28. The fourth-order valence-electron chi connectivity index (χ4n) is 4.07. The first-order chi connectivity index (χ1) is 17.5. The Morgan fingerprint density at radius 3 is 2.47 bits per heavy atom. The monoisotopic (exact) mass is 718 g/mol. The van der Waals surface area contributed by atoms with Crippen LogP contribution >= 0.6 is 56.9 Å². The maximum Gasteiger partial charge on any atom is 0.260 e. The van der Waals surface area contributed by atoms with Gasteiger partial charge in [0.15, 0.2) is 5.50 Å². The minimum Gasteiger partial charge on any atom is -0.487 e. The Morgan fingerprint density at radius 1 is 1.00 bits per heavy atom. The summed E-state index contributed by atoms with van der Waals surface area (Å²) < 4.78 is 8.31. The van der Waals surface area contributed by atoms with Crippen molar-refractivity contribution in [3.05, 3.63) is 108 Å². The number of hydrogen-bond donors (Lipinski definition) is 2. The Bertz CT molecular complexity index is 1430. The van der Waals surface area contributed by atoms with Gasteiger partial charge in [0.1, 0.15) is 12.4 Å². The Hall–Kier alpha value is -2.24. The molecule has 0 bridgehead atoms. The normalized spacial score (nSPS) is 16.4. The molecule has 0 aromatic heterocycles. The third-order valence-electron chi connectivity index (χ3n) is 5.96. The van der Waals surface area contributed by atoms with Gasteiger partial charge in [-0.2, -0.15) is 0 Å². The molecular weight excluding hydrogens is 694 g/mol. The smallest absolute Gasteiger partial charge is 0.260 e. The van der Waals surface area contributed by atoms with Crippen molar-refractivity contribution in [2.45, 2.75) is 25.4 Å². The highest BCUT2D eigenvalue weighted by Crippen LogP contribution is 2.34. The zero-order chi connectivity index (χ0) is 25.1. The van der Waals surface area contributed by atoms with E-state index in [0.717, 1.165) is 36.1 Å². The molecular formula is C29H24I2N2O2S. The van der Waals surface area contributed by atoms with E-state index in [9.17, 15) is 4.79 Å². The second-order valence-electron chi connectivity index (χ2n) is 8.42. The average Bonchev–Trinajstić information content (AvgIpc) is 3.22. The van der Waals surface area contributed by atoms with Gasteiger partial charge in [0, 0.05) is 5.69 Å². The third-order valence-corrected chi connectivity index (χ3v) is 8.59. The molecule has 0 aliphatic carbocycles. The molecule has 2 N–H and O–H groups in total. The van der Waals surface area contributed by atoms with Crippen LogP contribution in [0.4, 0.5) is 5.69 Å². The fourth-order valence-corrected chi connectivity index (χ4v) is 7.19. The molecule has 0 radical (unpaired) electrons. The number of benzene rings is 4. The van der Waals surface area contributed by atoms with Crippen LogP contribution in [0.5, 0.6) is 5.75 Å².